The average molecular weight is 375 g/mol. The number of rotatable bonds is 6. The second kappa shape index (κ2) is 6.80. The number of hydrogen-bond acceptors (Lipinski definition) is 5. The molecule has 6 heteroatoms. The van der Waals surface area contributed by atoms with E-state index in [2.05, 4.69) is 69.2 Å². The van der Waals surface area contributed by atoms with Crippen LogP contribution in [0, 0.1) is 5.41 Å². The molecule has 0 atom stereocenters. The Labute approximate surface area is 161 Å². The molecule has 0 bridgehead atoms. The predicted octanol–water partition coefficient (Wildman–Crippen LogP) is 3.83. The molecular weight excluding hydrogens is 342 g/mol. The van der Waals surface area contributed by atoms with Gasteiger partial charge in [0.05, 0.1) is 12.7 Å². The van der Waals surface area contributed by atoms with Gasteiger partial charge in [0, 0.05) is 17.3 Å². The van der Waals surface area contributed by atoms with Crippen molar-refractivity contribution in [3.05, 3.63) is 36.2 Å². The standard InChI is InChI=1S/C21H32N3O3/c1-19(2,3)16-12-24(14-26-16)13-21(6,7)18-23-11-15(27-18)10-20(4,5)17-22-8-9-25-17/h11-12,14H,8-10,13H2,1-7H3/q+1. The van der Waals surface area contributed by atoms with E-state index in [1.54, 1.807) is 6.39 Å². The Hall–Kier alpha value is -2.11. The molecule has 0 spiro atoms. The third-order valence-corrected chi connectivity index (χ3v) is 4.83. The maximum Gasteiger partial charge on any atom is 0.334 e. The van der Waals surface area contributed by atoms with Crippen LogP contribution in [0.25, 0.3) is 0 Å². The highest BCUT2D eigenvalue weighted by atomic mass is 16.5. The zero-order chi connectivity index (χ0) is 19.9. The van der Waals surface area contributed by atoms with Crippen LogP contribution in [-0.4, -0.2) is 24.0 Å². The summed E-state index contributed by atoms with van der Waals surface area (Å²) in [7, 11) is 0. The lowest BCUT2D eigenvalue weighted by Gasteiger charge is -2.22. The van der Waals surface area contributed by atoms with Crippen LogP contribution in [0.1, 0.15) is 65.9 Å². The summed E-state index contributed by atoms with van der Waals surface area (Å²) in [5.41, 5.74) is -0.464. The Kier molecular flexibility index (Phi) is 4.95. The van der Waals surface area contributed by atoms with Gasteiger partial charge in [-0.1, -0.05) is 34.6 Å². The van der Waals surface area contributed by atoms with Gasteiger partial charge in [-0.25, -0.2) is 4.98 Å². The summed E-state index contributed by atoms with van der Waals surface area (Å²) < 4.78 is 19.6. The molecule has 0 radical (unpaired) electrons. The molecule has 1 aliphatic heterocycles. The van der Waals surface area contributed by atoms with Crippen molar-refractivity contribution in [2.24, 2.45) is 10.4 Å². The Morgan fingerprint density at radius 2 is 1.81 bits per heavy atom. The fourth-order valence-corrected chi connectivity index (χ4v) is 3.27. The van der Waals surface area contributed by atoms with Gasteiger partial charge in [-0.05, 0) is 13.8 Å². The van der Waals surface area contributed by atoms with Crippen LogP contribution in [0.15, 0.2) is 32.6 Å². The largest absolute Gasteiger partial charge is 0.479 e. The molecule has 0 amide bonds. The molecule has 0 fully saturated rings. The fourth-order valence-electron chi connectivity index (χ4n) is 3.27. The summed E-state index contributed by atoms with van der Waals surface area (Å²) in [5, 5.41) is 0. The summed E-state index contributed by atoms with van der Waals surface area (Å²) in [6, 6.07) is 0. The molecule has 1 aliphatic rings. The number of oxazole rings is 2. The maximum absolute atomic E-state index is 6.12. The first-order valence-electron chi connectivity index (χ1n) is 9.58. The quantitative estimate of drug-likeness (QED) is 0.721. The van der Waals surface area contributed by atoms with Crippen LogP contribution in [0.2, 0.25) is 0 Å². The highest BCUT2D eigenvalue weighted by molar-refractivity contribution is 5.83. The molecule has 2 aromatic rings. The van der Waals surface area contributed by atoms with Crippen molar-refractivity contribution in [3.63, 3.8) is 0 Å². The van der Waals surface area contributed by atoms with Crippen molar-refractivity contribution >= 4 is 5.90 Å². The van der Waals surface area contributed by atoms with Gasteiger partial charge in [0.25, 0.3) is 0 Å². The van der Waals surface area contributed by atoms with Crippen LogP contribution >= 0.6 is 0 Å². The van der Waals surface area contributed by atoms with E-state index in [9.17, 15) is 0 Å². The smallest absolute Gasteiger partial charge is 0.334 e. The molecule has 0 N–H and O–H groups in total. The topological polar surface area (TPSA) is 64.6 Å². The molecule has 0 aliphatic carbocycles. The second-order valence-corrected chi connectivity index (χ2v) is 9.75. The Morgan fingerprint density at radius 1 is 1.07 bits per heavy atom. The van der Waals surface area contributed by atoms with Crippen LogP contribution in [-0.2, 0) is 28.5 Å². The minimum atomic E-state index is -0.256. The SMILES string of the molecule is CC(C)(Cc1cnc(C(C)(C)C[n+]2coc(C(C)(C)C)c2)o1)C1=NCCO1. The Morgan fingerprint density at radius 3 is 2.41 bits per heavy atom. The summed E-state index contributed by atoms with van der Waals surface area (Å²) in [6.45, 7) is 17.1. The molecule has 27 heavy (non-hydrogen) atoms. The van der Waals surface area contributed by atoms with Crippen molar-refractivity contribution in [1.82, 2.24) is 4.98 Å². The molecule has 0 unspecified atom stereocenters. The molecule has 0 aromatic carbocycles. The number of aromatic nitrogens is 2. The second-order valence-electron chi connectivity index (χ2n) is 9.75. The van der Waals surface area contributed by atoms with Gasteiger partial charge >= 0.3 is 6.39 Å². The first-order chi connectivity index (χ1) is 12.5. The third kappa shape index (κ3) is 4.42. The zero-order valence-electron chi connectivity index (χ0n) is 17.6. The lowest BCUT2D eigenvalue weighted by Crippen LogP contribution is -2.41. The number of aliphatic imine (C=N–C) groups is 1. The van der Waals surface area contributed by atoms with E-state index in [0.717, 1.165) is 36.4 Å². The maximum atomic E-state index is 6.12. The normalized spacial score (nSPS) is 15.7. The highest BCUT2D eigenvalue weighted by Crippen LogP contribution is 2.30. The van der Waals surface area contributed by atoms with Gasteiger partial charge in [0.2, 0.25) is 12.1 Å². The van der Waals surface area contributed by atoms with Crippen molar-refractivity contribution in [2.45, 2.75) is 72.3 Å². The number of hydrogen-bond donors (Lipinski definition) is 0. The van der Waals surface area contributed by atoms with Gasteiger partial charge in [0.1, 0.15) is 17.8 Å². The van der Waals surface area contributed by atoms with E-state index in [0.29, 0.717) is 13.0 Å². The summed E-state index contributed by atoms with van der Waals surface area (Å²) in [6.07, 6.45) is 6.37. The Bertz CT molecular complexity index is 822. The first kappa shape index (κ1) is 19.6. The van der Waals surface area contributed by atoms with Crippen LogP contribution in [0.5, 0.6) is 0 Å². The summed E-state index contributed by atoms with van der Waals surface area (Å²) in [5.74, 6) is 3.36. The van der Waals surface area contributed by atoms with Crippen molar-refractivity contribution in [2.75, 3.05) is 13.2 Å². The minimum Gasteiger partial charge on any atom is -0.479 e. The van der Waals surface area contributed by atoms with Gasteiger partial charge in [-0.15, -0.1) is 0 Å². The molecular formula is C21H32N3O3+. The molecule has 3 rings (SSSR count). The lowest BCUT2D eigenvalue weighted by atomic mass is 9.88. The zero-order valence-corrected chi connectivity index (χ0v) is 17.6. The molecule has 0 saturated heterocycles. The Balaban J connectivity index is 1.71. The van der Waals surface area contributed by atoms with Gasteiger partial charge in [-0.3, -0.25) is 4.99 Å². The monoisotopic (exact) mass is 374 g/mol. The number of nitrogens with zero attached hydrogens (tertiary/aromatic N) is 3. The van der Waals surface area contributed by atoms with Crippen LogP contribution < -0.4 is 4.57 Å². The van der Waals surface area contributed by atoms with Gasteiger partial charge < -0.3 is 13.6 Å². The summed E-state index contributed by atoms with van der Waals surface area (Å²) >= 11 is 0. The summed E-state index contributed by atoms with van der Waals surface area (Å²) in [4.78, 5) is 9.01. The first-order valence-corrected chi connectivity index (χ1v) is 9.58. The van der Waals surface area contributed by atoms with E-state index in [1.807, 2.05) is 6.20 Å². The molecule has 6 nitrogen and oxygen atoms in total. The van der Waals surface area contributed by atoms with Crippen molar-refractivity contribution in [3.8, 4) is 0 Å². The van der Waals surface area contributed by atoms with E-state index in [1.165, 1.54) is 0 Å². The minimum absolute atomic E-state index is 0.0118. The average Bonchev–Trinajstić information content (AvgIpc) is 3.27. The number of ether oxygens (including phenoxy) is 1. The third-order valence-electron chi connectivity index (χ3n) is 4.83. The van der Waals surface area contributed by atoms with E-state index >= 15 is 0 Å². The van der Waals surface area contributed by atoms with E-state index in [-0.39, 0.29) is 16.2 Å². The van der Waals surface area contributed by atoms with Gasteiger partial charge in [-0.2, -0.15) is 4.57 Å². The fraction of sp³-hybridized carbons (Fsp3) is 0.667. The van der Waals surface area contributed by atoms with Crippen molar-refractivity contribution in [1.29, 1.82) is 0 Å². The molecule has 0 saturated carbocycles. The molecule has 3 heterocycles. The van der Waals surface area contributed by atoms with Crippen LogP contribution in [0.3, 0.4) is 0 Å². The molecule has 148 valence electrons. The predicted molar refractivity (Wildman–Crippen MR) is 103 cm³/mol. The van der Waals surface area contributed by atoms with Crippen LogP contribution in [0.4, 0.5) is 0 Å². The lowest BCUT2D eigenvalue weighted by molar-refractivity contribution is -0.707. The molecule has 2 aromatic heterocycles. The van der Waals surface area contributed by atoms with E-state index in [4.69, 9.17) is 13.6 Å². The van der Waals surface area contributed by atoms with E-state index < -0.39 is 0 Å². The van der Waals surface area contributed by atoms with Gasteiger partial charge in [0.15, 0.2) is 18.2 Å². The van der Waals surface area contributed by atoms with Crippen molar-refractivity contribution < 1.29 is 18.1 Å². The highest BCUT2D eigenvalue weighted by Gasteiger charge is 2.35.